The number of nitrogens with two attached hydrogens (primary N) is 1. The van der Waals surface area contributed by atoms with Crippen molar-refractivity contribution in [2.24, 2.45) is 5.73 Å². The molecule has 2 N–H and O–H groups in total. The van der Waals surface area contributed by atoms with Gasteiger partial charge in [-0.05, 0) is 48.9 Å². The molecule has 1 fully saturated rings. The van der Waals surface area contributed by atoms with Crippen LogP contribution in [-0.2, 0) is 5.41 Å². The molecular weight excluding hydrogens is 245 g/mol. The molecule has 1 aromatic rings. The molecule has 0 spiro atoms. The van der Waals surface area contributed by atoms with Gasteiger partial charge in [-0.25, -0.2) is 4.39 Å². The molecule has 1 aliphatic carbocycles. The first-order valence-electron chi connectivity index (χ1n) is 4.83. The molecule has 0 unspecified atom stereocenters. The van der Waals surface area contributed by atoms with Crippen LogP contribution >= 0.6 is 15.9 Å². The van der Waals surface area contributed by atoms with Crippen molar-refractivity contribution in [3.05, 3.63) is 34.1 Å². The van der Waals surface area contributed by atoms with Gasteiger partial charge in [-0.1, -0.05) is 22.0 Å². The van der Waals surface area contributed by atoms with E-state index in [1.165, 1.54) is 30.5 Å². The third kappa shape index (κ3) is 1.71. The van der Waals surface area contributed by atoms with E-state index in [1.54, 1.807) is 0 Å². The van der Waals surface area contributed by atoms with Crippen LogP contribution in [0.3, 0.4) is 0 Å². The van der Waals surface area contributed by atoms with E-state index in [4.69, 9.17) is 5.73 Å². The van der Waals surface area contributed by atoms with E-state index in [2.05, 4.69) is 15.9 Å². The molecule has 0 aromatic heterocycles. The van der Waals surface area contributed by atoms with E-state index in [0.29, 0.717) is 6.54 Å². The maximum Gasteiger partial charge on any atom is 0.124 e. The number of rotatable bonds is 3. The van der Waals surface area contributed by atoms with Gasteiger partial charge in [0.1, 0.15) is 5.82 Å². The molecule has 1 saturated carbocycles. The molecule has 0 saturated heterocycles. The third-order valence-electron chi connectivity index (χ3n) is 2.98. The molecule has 0 amide bonds. The van der Waals surface area contributed by atoms with Crippen LogP contribution in [0, 0.1) is 5.82 Å². The topological polar surface area (TPSA) is 26.0 Å². The highest BCUT2D eigenvalue weighted by molar-refractivity contribution is 9.10. The molecule has 14 heavy (non-hydrogen) atoms. The van der Waals surface area contributed by atoms with Gasteiger partial charge >= 0.3 is 0 Å². The monoisotopic (exact) mass is 257 g/mol. The molecule has 1 aromatic carbocycles. The van der Waals surface area contributed by atoms with E-state index < -0.39 is 0 Å². The van der Waals surface area contributed by atoms with Gasteiger partial charge < -0.3 is 5.73 Å². The van der Waals surface area contributed by atoms with Gasteiger partial charge in [-0.15, -0.1) is 0 Å². The van der Waals surface area contributed by atoms with Crippen molar-refractivity contribution in [2.75, 3.05) is 6.54 Å². The average molecular weight is 258 g/mol. The summed E-state index contributed by atoms with van der Waals surface area (Å²) < 4.78 is 13.8. The first kappa shape index (κ1) is 10.1. The van der Waals surface area contributed by atoms with E-state index in [0.717, 1.165) is 10.9 Å². The van der Waals surface area contributed by atoms with Crippen LogP contribution in [0.15, 0.2) is 22.7 Å². The molecular formula is C11H13BrFN. The molecule has 76 valence electrons. The highest BCUT2D eigenvalue weighted by atomic mass is 79.9. The van der Waals surface area contributed by atoms with Gasteiger partial charge in [0.25, 0.3) is 0 Å². The van der Waals surface area contributed by atoms with Crippen molar-refractivity contribution in [3.8, 4) is 0 Å². The lowest BCUT2D eigenvalue weighted by Crippen LogP contribution is -2.14. The number of hydrogen-bond acceptors (Lipinski definition) is 1. The van der Waals surface area contributed by atoms with Gasteiger partial charge in [0.2, 0.25) is 0 Å². The predicted molar refractivity (Wildman–Crippen MR) is 58.7 cm³/mol. The van der Waals surface area contributed by atoms with Gasteiger partial charge in [0, 0.05) is 4.47 Å². The Bertz CT molecular complexity index is 347. The van der Waals surface area contributed by atoms with Gasteiger partial charge in [0.15, 0.2) is 0 Å². The van der Waals surface area contributed by atoms with Crippen molar-refractivity contribution in [2.45, 2.75) is 24.7 Å². The zero-order valence-corrected chi connectivity index (χ0v) is 9.48. The standard InChI is InChI=1S/C11H13BrFN/c12-10-7-8(13)1-2-9(10)11(3-4-11)5-6-14/h1-2,7H,3-6,14H2. The summed E-state index contributed by atoms with van der Waals surface area (Å²) in [6.45, 7) is 0.698. The van der Waals surface area contributed by atoms with E-state index in [-0.39, 0.29) is 11.2 Å². The fourth-order valence-electron chi connectivity index (χ4n) is 2.00. The van der Waals surface area contributed by atoms with E-state index in [9.17, 15) is 4.39 Å². The lowest BCUT2D eigenvalue weighted by Gasteiger charge is -2.16. The van der Waals surface area contributed by atoms with Crippen molar-refractivity contribution < 1.29 is 4.39 Å². The Kier molecular flexibility index (Phi) is 2.62. The number of halogens is 2. The predicted octanol–water partition coefficient (Wildman–Crippen LogP) is 2.97. The van der Waals surface area contributed by atoms with Crippen LogP contribution in [0.2, 0.25) is 0 Å². The molecule has 1 nitrogen and oxygen atoms in total. The average Bonchev–Trinajstić information content (AvgIpc) is 2.86. The van der Waals surface area contributed by atoms with Crippen LogP contribution in [0.5, 0.6) is 0 Å². The summed E-state index contributed by atoms with van der Waals surface area (Å²) in [7, 11) is 0. The Hall–Kier alpha value is -0.410. The summed E-state index contributed by atoms with van der Waals surface area (Å²) in [6.07, 6.45) is 3.35. The second-order valence-electron chi connectivity index (χ2n) is 3.94. The first-order valence-corrected chi connectivity index (χ1v) is 5.63. The van der Waals surface area contributed by atoms with Crippen LogP contribution < -0.4 is 5.73 Å². The van der Waals surface area contributed by atoms with Crippen molar-refractivity contribution in [3.63, 3.8) is 0 Å². The minimum Gasteiger partial charge on any atom is -0.330 e. The maximum atomic E-state index is 12.9. The number of benzene rings is 1. The quantitative estimate of drug-likeness (QED) is 0.886. The van der Waals surface area contributed by atoms with Crippen molar-refractivity contribution in [1.29, 1.82) is 0 Å². The summed E-state index contributed by atoms with van der Waals surface area (Å²) in [5.41, 5.74) is 7.03. The molecule has 3 heteroatoms. The molecule has 2 rings (SSSR count). The molecule has 0 heterocycles. The fraction of sp³-hybridized carbons (Fsp3) is 0.455. The zero-order valence-electron chi connectivity index (χ0n) is 7.89. The van der Waals surface area contributed by atoms with Gasteiger partial charge in [-0.3, -0.25) is 0 Å². The van der Waals surface area contributed by atoms with Crippen LogP contribution in [-0.4, -0.2) is 6.54 Å². The Morgan fingerprint density at radius 1 is 1.43 bits per heavy atom. The third-order valence-corrected chi connectivity index (χ3v) is 3.64. The highest BCUT2D eigenvalue weighted by Crippen LogP contribution is 2.52. The Balaban J connectivity index is 2.32. The minimum atomic E-state index is -0.191. The SMILES string of the molecule is NCCC1(c2ccc(F)cc2Br)CC1. The van der Waals surface area contributed by atoms with Crippen molar-refractivity contribution >= 4 is 15.9 Å². The van der Waals surface area contributed by atoms with E-state index >= 15 is 0 Å². The van der Waals surface area contributed by atoms with E-state index in [1.807, 2.05) is 6.07 Å². The first-order chi connectivity index (χ1) is 6.68. The summed E-state index contributed by atoms with van der Waals surface area (Å²) in [4.78, 5) is 0. The lowest BCUT2D eigenvalue weighted by atomic mass is 9.92. The smallest absolute Gasteiger partial charge is 0.124 e. The normalized spacial score (nSPS) is 18.2. The van der Waals surface area contributed by atoms with Gasteiger partial charge in [-0.2, -0.15) is 0 Å². The minimum absolute atomic E-state index is 0.191. The largest absolute Gasteiger partial charge is 0.330 e. The highest BCUT2D eigenvalue weighted by Gasteiger charge is 2.44. The molecule has 0 aliphatic heterocycles. The second kappa shape index (κ2) is 3.63. The Labute approximate surface area is 91.6 Å². The van der Waals surface area contributed by atoms with Crippen LogP contribution in [0.4, 0.5) is 4.39 Å². The summed E-state index contributed by atoms with van der Waals surface area (Å²) >= 11 is 3.41. The van der Waals surface area contributed by atoms with Crippen LogP contribution in [0.1, 0.15) is 24.8 Å². The Morgan fingerprint density at radius 2 is 2.14 bits per heavy atom. The fourth-order valence-corrected chi connectivity index (χ4v) is 2.77. The van der Waals surface area contributed by atoms with Crippen LogP contribution in [0.25, 0.3) is 0 Å². The second-order valence-corrected chi connectivity index (χ2v) is 4.80. The molecule has 0 bridgehead atoms. The van der Waals surface area contributed by atoms with Crippen molar-refractivity contribution in [1.82, 2.24) is 0 Å². The zero-order chi connectivity index (χ0) is 10.2. The number of hydrogen-bond donors (Lipinski definition) is 1. The Morgan fingerprint density at radius 3 is 2.64 bits per heavy atom. The summed E-state index contributed by atoms with van der Waals surface area (Å²) in [5.74, 6) is -0.191. The lowest BCUT2D eigenvalue weighted by molar-refractivity contribution is 0.608. The molecule has 1 aliphatic rings. The molecule has 0 atom stereocenters. The summed E-state index contributed by atoms with van der Waals surface area (Å²) in [6, 6.07) is 4.94. The summed E-state index contributed by atoms with van der Waals surface area (Å²) in [5, 5.41) is 0. The van der Waals surface area contributed by atoms with Gasteiger partial charge in [0.05, 0.1) is 0 Å². The maximum absolute atomic E-state index is 12.9. The molecule has 0 radical (unpaired) electrons.